The van der Waals surface area contributed by atoms with E-state index in [4.69, 9.17) is 5.73 Å². The molecule has 0 radical (unpaired) electrons. The van der Waals surface area contributed by atoms with E-state index in [2.05, 4.69) is 32.9 Å². The standard InChI is InChI=1S/C8H8BrFN2O2S2/c9-5-1-2-6(10)7(3-5)12-16(13,14)4-8(11)15/h1-3,12H,4H2,(H2,11,15). The predicted octanol–water partition coefficient (Wildman–Crippen LogP) is 1.62. The summed E-state index contributed by atoms with van der Waals surface area (Å²) in [6.45, 7) is 0. The molecule has 4 nitrogen and oxygen atoms in total. The monoisotopic (exact) mass is 326 g/mol. The number of anilines is 1. The summed E-state index contributed by atoms with van der Waals surface area (Å²) < 4.78 is 38.7. The number of halogens is 2. The van der Waals surface area contributed by atoms with Crippen LogP contribution in [0.5, 0.6) is 0 Å². The molecule has 3 N–H and O–H groups in total. The molecule has 0 amide bonds. The molecule has 0 saturated carbocycles. The third-order valence-electron chi connectivity index (χ3n) is 1.53. The maximum absolute atomic E-state index is 13.2. The first-order chi connectivity index (χ1) is 7.30. The van der Waals surface area contributed by atoms with Crippen molar-refractivity contribution >= 4 is 48.8 Å². The fraction of sp³-hybridized carbons (Fsp3) is 0.125. The van der Waals surface area contributed by atoms with Crippen molar-refractivity contribution in [2.75, 3.05) is 10.5 Å². The van der Waals surface area contributed by atoms with Crippen LogP contribution in [-0.4, -0.2) is 19.2 Å². The van der Waals surface area contributed by atoms with Gasteiger partial charge in [0.05, 0.1) is 10.7 Å². The van der Waals surface area contributed by atoms with Gasteiger partial charge in [-0.2, -0.15) is 0 Å². The molecule has 0 aliphatic heterocycles. The van der Waals surface area contributed by atoms with Crippen molar-refractivity contribution in [1.29, 1.82) is 0 Å². The van der Waals surface area contributed by atoms with Crippen LogP contribution >= 0.6 is 28.1 Å². The second kappa shape index (κ2) is 5.07. The molecule has 0 aliphatic rings. The van der Waals surface area contributed by atoms with Gasteiger partial charge in [0.25, 0.3) is 0 Å². The van der Waals surface area contributed by atoms with E-state index in [1.807, 2.05) is 0 Å². The average Bonchev–Trinajstić information content (AvgIpc) is 2.08. The lowest BCUT2D eigenvalue weighted by atomic mass is 10.3. The highest BCUT2D eigenvalue weighted by atomic mass is 79.9. The van der Waals surface area contributed by atoms with E-state index in [0.717, 1.165) is 6.07 Å². The van der Waals surface area contributed by atoms with E-state index in [1.54, 1.807) is 0 Å². The first kappa shape index (κ1) is 13.3. The second-order valence-electron chi connectivity index (χ2n) is 2.95. The van der Waals surface area contributed by atoms with Gasteiger partial charge in [-0.3, -0.25) is 4.72 Å². The van der Waals surface area contributed by atoms with Crippen LogP contribution in [0, 0.1) is 5.82 Å². The first-order valence-corrected chi connectivity index (χ1v) is 6.89. The summed E-state index contributed by atoms with van der Waals surface area (Å²) in [5.74, 6) is -1.19. The van der Waals surface area contributed by atoms with Gasteiger partial charge in [-0.25, -0.2) is 12.8 Å². The Balaban J connectivity index is 2.96. The zero-order chi connectivity index (χ0) is 12.3. The molecule has 0 spiro atoms. The summed E-state index contributed by atoms with van der Waals surface area (Å²) in [5.41, 5.74) is 4.96. The minimum Gasteiger partial charge on any atom is -0.392 e. The lowest BCUT2D eigenvalue weighted by molar-refractivity contribution is 0.602. The molecule has 1 rings (SSSR count). The lowest BCUT2D eigenvalue weighted by Crippen LogP contribution is -2.26. The minimum absolute atomic E-state index is 0.148. The molecule has 8 heteroatoms. The molecule has 0 aliphatic carbocycles. The Hall–Kier alpha value is -0.730. The number of rotatable bonds is 4. The van der Waals surface area contributed by atoms with E-state index < -0.39 is 21.6 Å². The molecule has 0 atom stereocenters. The normalized spacial score (nSPS) is 11.1. The van der Waals surface area contributed by atoms with Crippen molar-refractivity contribution < 1.29 is 12.8 Å². The quantitative estimate of drug-likeness (QED) is 0.825. The summed E-state index contributed by atoms with van der Waals surface area (Å²) in [5, 5.41) is 0. The van der Waals surface area contributed by atoms with E-state index in [0.29, 0.717) is 4.47 Å². The molecular weight excluding hydrogens is 319 g/mol. The van der Waals surface area contributed by atoms with Crippen molar-refractivity contribution in [2.24, 2.45) is 5.73 Å². The van der Waals surface area contributed by atoms with Gasteiger partial charge >= 0.3 is 0 Å². The highest BCUT2D eigenvalue weighted by Crippen LogP contribution is 2.20. The van der Waals surface area contributed by atoms with E-state index in [-0.39, 0.29) is 10.7 Å². The molecule has 0 saturated heterocycles. The molecule has 16 heavy (non-hydrogen) atoms. The van der Waals surface area contributed by atoms with Gasteiger partial charge in [-0.05, 0) is 18.2 Å². The van der Waals surface area contributed by atoms with Gasteiger partial charge in [0.15, 0.2) is 0 Å². The Morgan fingerprint density at radius 2 is 2.19 bits per heavy atom. The fourth-order valence-electron chi connectivity index (χ4n) is 0.967. The summed E-state index contributed by atoms with van der Waals surface area (Å²) in [4.78, 5) is -0.178. The molecule has 88 valence electrons. The number of nitrogens with one attached hydrogen (secondary N) is 1. The van der Waals surface area contributed by atoms with Crippen LogP contribution < -0.4 is 10.5 Å². The fourth-order valence-corrected chi connectivity index (χ4v) is 2.73. The Morgan fingerprint density at radius 1 is 1.56 bits per heavy atom. The van der Waals surface area contributed by atoms with Crippen LogP contribution in [0.1, 0.15) is 0 Å². The minimum atomic E-state index is -3.75. The zero-order valence-corrected chi connectivity index (χ0v) is 11.1. The summed E-state index contributed by atoms with van der Waals surface area (Å²) in [6, 6.07) is 3.91. The van der Waals surface area contributed by atoms with E-state index in [1.165, 1.54) is 12.1 Å². The van der Waals surface area contributed by atoms with Crippen LogP contribution in [0.15, 0.2) is 22.7 Å². The Morgan fingerprint density at radius 3 is 2.75 bits per heavy atom. The Labute approximate surface area is 106 Å². The molecule has 1 aromatic rings. The zero-order valence-electron chi connectivity index (χ0n) is 7.91. The van der Waals surface area contributed by atoms with Crippen LogP contribution in [-0.2, 0) is 10.0 Å². The van der Waals surface area contributed by atoms with Gasteiger partial charge in [-0.1, -0.05) is 28.1 Å². The number of hydrogen-bond acceptors (Lipinski definition) is 3. The average molecular weight is 327 g/mol. The van der Waals surface area contributed by atoms with Gasteiger partial charge in [0, 0.05) is 4.47 Å². The maximum atomic E-state index is 13.2. The third-order valence-corrected chi connectivity index (χ3v) is 3.57. The van der Waals surface area contributed by atoms with Crippen molar-refractivity contribution in [3.05, 3.63) is 28.5 Å². The third kappa shape index (κ3) is 4.03. The highest BCUT2D eigenvalue weighted by Gasteiger charge is 2.14. The van der Waals surface area contributed by atoms with Gasteiger partial charge < -0.3 is 5.73 Å². The largest absolute Gasteiger partial charge is 0.392 e. The second-order valence-corrected chi connectivity index (χ2v) is 6.11. The number of nitrogens with two attached hydrogens (primary N) is 1. The topological polar surface area (TPSA) is 72.2 Å². The lowest BCUT2D eigenvalue weighted by Gasteiger charge is -2.08. The molecule has 0 aromatic heterocycles. The summed E-state index contributed by atoms with van der Waals surface area (Å²) >= 11 is 7.58. The first-order valence-electron chi connectivity index (χ1n) is 4.04. The number of hydrogen-bond donors (Lipinski definition) is 2. The van der Waals surface area contributed by atoms with Crippen molar-refractivity contribution in [3.63, 3.8) is 0 Å². The molecule has 0 fully saturated rings. The molecule has 1 aromatic carbocycles. The number of sulfonamides is 1. The predicted molar refractivity (Wildman–Crippen MR) is 68.3 cm³/mol. The molecule has 0 heterocycles. The number of thiocarbonyl (C=S) groups is 1. The van der Waals surface area contributed by atoms with Gasteiger partial charge in [0.2, 0.25) is 10.0 Å². The Kier molecular flexibility index (Phi) is 4.22. The molecule has 0 bridgehead atoms. The molecular formula is C8H8BrFN2O2S2. The highest BCUT2D eigenvalue weighted by molar-refractivity contribution is 9.10. The van der Waals surface area contributed by atoms with Crippen molar-refractivity contribution in [2.45, 2.75) is 0 Å². The van der Waals surface area contributed by atoms with Crippen LogP contribution in [0.25, 0.3) is 0 Å². The summed E-state index contributed by atoms with van der Waals surface area (Å²) in [6.07, 6.45) is 0. The van der Waals surface area contributed by atoms with E-state index in [9.17, 15) is 12.8 Å². The van der Waals surface area contributed by atoms with Gasteiger partial charge in [0.1, 0.15) is 11.6 Å². The Bertz CT molecular complexity index is 519. The van der Waals surface area contributed by atoms with E-state index >= 15 is 0 Å². The van der Waals surface area contributed by atoms with Gasteiger partial charge in [-0.15, -0.1) is 0 Å². The van der Waals surface area contributed by atoms with Crippen molar-refractivity contribution in [3.8, 4) is 0 Å². The maximum Gasteiger partial charge on any atom is 0.239 e. The molecule has 0 unspecified atom stereocenters. The van der Waals surface area contributed by atoms with Crippen LogP contribution in [0.2, 0.25) is 0 Å². The smallest absolute Gasteiger partial charge is 0.239 e. The SMILES string of the molecule is NC(=S)CS(=O)(=O)Nc1cc(Br)ccc1F. The van der Waals surface area contributed by atoms with Crippen molar-refractivity contribution in [1.82, 2.24) is 0 Å². The number of benzene rings is 1. The summed E-state index contributed by atoms with van der Waals surface area (Å²) in [7, 11) is -3.75. The van der Waals surface area contributed by atoms with Crippen LogP contribution in [0.4, 0.5) is 10.1 Å². The van der Waals surface area contributed by atoms with Crippen LogP contribution in [0.3, 0.4) is 0 Å².